The maximum Gasteiger partial charge on any atom is 0.257 e. The Balaban J connectivity index is 1.07. The molecule has 0 aliphatic carbocycles. The molecule has 0 N–H and O–H groups in total. The number of rotatable bonds is 26. The Morgan fingerprint density at radius 3 is 1.68 bits per heavy atom. The van der Waals surface area contributed by atoms with Gasteiger partial charge in [-0.2, -0.15) is 0 Å². The van der Waals surface area contributed by atoms with Crippen LogP contribution < -0.4 is 23.7 Å². The van der Waals surface area contributed by atoms with E-state index in [4.69, 9.17) is 48.1 Å². The van der Waals surface area contributed by atoms with Crippen LogP contribution in [-0.4, -0.2) is 168 Å². The van der Waals surface area contributed by atoms with E-state index in [9.17, 15) is 14.4 Å². The Kier molecular flexibility index (Phi) is 18.3. The number of pyridine rings is 1. The summed E-state index contributed by atoms with van der Waals surface area (Å²) in [5, 5.41) is 0. The second-order valence-electron chi connectivity index (χ2n) is 17.6. The molecule has 370 valence electrons. The van der Waals surface area contributed by atoms with Gasteiger partial charge in [-0.3, -0.25) is 29.5 Å². The van der Waals surface area contributed by atoms with Crippen molar-refractivity contribution in [1.82, 2.24) is 24.6 Å². The van der Waals surface area contributed by atoms with Gasteiger partial charge in [0.1, 0.15) is 31.9 Å². The summed E-state index contributed by atoms with van der Waals surface area (Å²) in [6, 6.07) is 10.3. The number of benzene rings is 2. The van der Waals surface area contributed by atoms with Gasteiger partial charge in [-0.15, -0.1) is 0 Å². The lowest BCUT2D eigenvalue weighted by Gasteiger charge is -2.22. The standard InChI is InChI=1S/C52H67N7O10/c1-7-36-22-40-30-53-45-28-49(47(63-5)26-43(45)51(61)58(40)32-36)68-34-38-24-42(67-19-15-57(13-9-10-16-60)14-18-66-21-20-65-17-11-12-56(3)4)25-39(55-38)35-69-50-29-46-44(27-48(50)64-6)52(62)59-33-37(8-2)23-41(59)31-54-46/h7-8,16,24-31,40-41H,9-15,17-23,32-35H2,1-6H3/b36-7+,37-8+/t40-,41?/m0/s1. The topological polar surface area (TPSA) is 166 Å². The highest BCUT2D eigenvalue weighted by molar-refractivity contribution is 6.04. The monoisotopic (exact) mass is 949 g/mol. The first kappa shape index (κ1) is 50.7. The lowest BCUT2D eigenvalue weighted by molar-refractivity contribution is -0.108. The number of aldehydes is 1. The zero-order chi connectivity index (χ0) is 48.7. The number of unbranched alkanes of at least 4 members (excludes halogenated alkanes) is 1. The molecule has 5 heterocycles. The van der Waals surface area contributed by atoms with Gasteiger partial charge < -0.3 is 52.7 Å². The number of allylic oxidation sites excluding steroid dienone is 2. The Morgan fingerprint density at radius 1 is 0.638 bits per heavy atom. The molecule has 2 atom stereocenters. The zero-order valence-corrected chi connectivity index (χ0v) is 40.9. The van der Waals surface area contributed by atoms with Crippen LogP contribution in [0.2, 0.25) is 0 Å². The van der Waals surface area contributed by atoms with Crippen molar-refractivity contribution in [2.75, 3.05) is 101 Å². The first-order valence-corrected chi connectivity index (χ1v) is 23.9. The SMILES string of the molecule is C/C=C1\CC2C=Nc3cc(OCc4cc(OCCN(CCCC=O)CCOCCOCCCN(C)C)cc(COc5cc6c(cc5OC)C(=O)N5C/C(=C/C)C[C@H]5C=N6)n4)c(OC)cc3C(=O)N2C1. The molecule has 2 saturated heterocycles. The minimum atomic E-state index is -0.116. The van der Waals surface area contributed by atoms with Crippen molar-refractivity contribution in [2.24, 2.45) is 9.98 Å². The summed E-state index contributed by atoms with van der Waals surface area (Å²) < 4.78 is 42.3. The third-order valence-corrected chi connectivity index (χ3v) is 12.6. The van der Waals surface area contributed by atoms with Crippen molar-refractivity contribution in [2.45, 2.75) is 71.2 Å². The number of hydrogen-bond donors (Lipinski definition) is 0. The summed E-state index contributed by atoms with van der Waals surface area (Å²) in [5.41, 5.74) is 5.39. The maximum absolute atomic E-state index is 13.7. The molecule has 4 aliphatic rings. The average molecular weight is 950 g/mol. The third-order valence-electron chi connectivity index (χ3n) is 12.6. The van der Waals surface area contributed by atoms with Crippen molar-refractivity contribution in [3.05, 3.63) is 82.2 Å². The number of ether oxygens (including phenoxy) is 7. The Morgan fingerprint density at radius 2 is 1.17 bits per heavy atom. The Hall–Kier alpha value is -6.14. The van der Waals surface area contributed by atoms with Gasteiger partial charge in [-0.25, -0.2) is 0 Å². The van der Waals surface area contributed by atoms with Crippen LogP contribution in [0, 0.1) is 0 Å². The van der Waals surface area contributed by atoms with E-state index in [1.54, 1.807) is 24.3 Å². The molecule has 7 rings (SSSR count). The smallest absolute Gasteiger partial charge is 0.257 e. The molecule has 17 nitrogen and oxygen atoms in total. The van der Waals surface area contributed by atoms with E-state index < -0.39 is 0 Å². The first-order valence-electron chi connectivity index (χ1n) is 23.9. The van der Waals surface area contributed by atoms with Crippen molar-refractivity contribution >= 4 is 41.9 Å². The van der Waals surface area contributed by atoms with E-state index in [1.807, 2.05) is 62.3 Å². The number of hydrogen-bond acceptors (Lipinski definition) is 15. The van der Waals surface area contributed by atoms with E-state index in [1.165, 1.54) is 25.4 Å². The number of nitrogens with zero attached hydrogens (tertiary/aromatic N) is 7. The van der Waals surface area contributed by atoms with Crippen molar-refractivity contribution in [3.63, 3.8) is 0 Å². The molecule has 4 aliphatic heterocycles. The number of methoxy groups -OCH3 is 2. The fourth-order valence-electron chi connectivity index (χ4n) is 8.71. The molecule has 69 heavy (non-hydrogen) atoms. The van der Waals surface area contributed by atoms with Crippen LogP contribution in [0.15, 0.2) is 69.7 Å². The second kappa shape index (κ2) is 24.9. The van der Waals surface area contributed by atoms with Gasteiger partial charge in [0.15, 0.2) is 23.0 Å². The van der Waals surface area contributed by atoms with Gasteiger partial charge >= 0.3 is 0 Å². The summed E-state index contributed by atoms with van der Waals surface area (Å²) in [7, 11) is 7.17. The molecule has 0 spiro atoms. The second-order valence-corrected chi connectivity index (χ2v) is 17.6. The van der Waals surface area contributed by atoms with Crippen molar-refractivity contribution in [1.29, 1.82) is 0 Å². The van der Waals surface area contributed by atoms with Crippen LogP contribution in [0.3, 0.4) is 0 Å². The Labute approximate surface area is 405 Å². The van der Waals surface area contributed by atoms with Crippen molar-refractivity contribution in [3.8, 4) is 28.7 Å². The van der Waals surface area contributed by atoms with Crippen LogP contribution in [0.5, 0.6) is 28.7 Å². The molecule has 0 radical (unpaired) electrons. The number of carbonyl (C=O) groups is 3. The molecule has 17 heteroatoms. The number of amides is 2. The molecule has 2 amide bonds. The normalized spacial score (nSPS) is 18.4. The molecule has 3 aromatic rings. The van der Waals surface area contributed by atoms with Gasteiger partial charge in [0.2, 0.25) is 0 Å². The van der Waals surface area contributed by atoms with Crippen LogP contribution >= 0.6 is 0 Å². The van der Waals surface area contributed by atoms with Crippen molar-refractivity contribution < 1.29 is 47.5 Å². The molecule has 2 fully saturated rings. The predicted octanol–water partition coefficient (Wildman–Crippen LogP) is 6.66. The Bertz CT molecular complexity index is 2260. The third kappa shape index (κ3) is 13.3. The summed E-state index contributed by atoms with van der Waals surface area (Å²) >= 11 is 0. The number of carbonyl (C=O) groups excluding carboxylic acids is 3. The molecular formula is C52H67N7O10. The highest BCUT2D eigenvalue weighted by Gasteiger charge is 2.36. The number of aromatic nitrogens is 1. The maximum atomic E-state index is 13.7. The van der Waals surface area contributed by atoms with Gasteiger partial charge in [0.25, 0.3) is 11.8 Å². The summed E-state index contributed by atoms with van der Waals surface area (Å²) in [4.78, 5) is 61.1. The van der Waals surface area contributed by atoms with E-state index in [-0.39, 0.29) is 37.1 Å². The van der Waals surface area contributed by atoms with Crippen LogP contribution in [0.1, 0.15) is 78.1 Å². The minimum absolute atomic E-state index is 0.0243. The molecule has 1 aromatic heterocycles. The highest BCUT2D eigenvalue weighted by atomic mass is 16.5. The predicted molar refractivity (Wildman–Crippen MR) is 264 cm³/mol. The van der Waals surface area contributed by atoms with Crippen LogP contribution in [0.25, 0.3) is 0 Å². The molecule has 0 saturated carbocycles. The van der Waals surface area contributed by atoms with E-state index in [0.29, 0.717) is 135 Å². The van der Waals surface area contributed by atoms with E-state index >= 15 is 0 Å². The van der Waals surface area contributed by atoms with Gasteiger partial charge in [-0.05, 0) is 78.8 Å². The summed E-state index contributed by atoms with van der Waals surface area (Å²) in [5.74, 6) is 1.92. The lowest BCUT2D eigenvalue weighted by atomic mass is 10.1. The fourth-order valence-corrected chi connectivity index (χ4v) is 8.71. The van der Waals surface area contributed by atoms with Gasteiger partial charge in [0, 0.05) is 75.9 Å². The minimum Gasteiger partial charge on any atom is -0.493 e. The van der Waals surface area contributed by atoms with Crippen LogP contribution in [0.4, 0.5) is 11.4 Å². The molecule has 2 aromatic carbocycles. The molecule has 1 unspecified atom stereocenters. The van der Waals surface area contributed by atoms with Gasteiger partial charge in [-0.1, -0.05) is 23.3 Å². The highest BCUT2D eigenvalue weighted by Crippen LogP contribution is 2.41. The first-order chi connectivity index (χ1) is 33.6. The van der Waals surface area contributed by atoms with Gasteiger partial charge in [0.05, 0.1) is 80.0 Å². The summed E-state index contributed by atoms with van der Waals surface area (Å²) in [6.07, 6.45) is 12.4. The largest absolute Gasteiger partial charge is 0.493 e. The number of fused-ring (bicyclic) bond motifs is 4. The molecule has 0 bridgehead atoms. The summed E-state index contributed by atoms with van der Waals surface area (Å²) in [6.45, 7) is 10.7. The van der Waals surface area contributed by atoms with E-state index in [2.05, 4.69) is 22.0 Å². The number of aliphatic imine (C=N–C) groups is 2. The average Bonchev–Trinajstić information content (AvgIpc) is 3.93. The van der Waals surface area contributed by atoms with E-state index in [0.717, 1.165) is 38.5 Å². The zero-order valence-electron chi connectivity index (χ0n) is 40.9. The lowest BCUT2D eigenvalue weighted by Crippen LogP contribution is -2.35. The van der Waals surface area contributed by atoms with Crippen LogP contribution in [-0.2, 0) is 27.5 Å². The quantitative estimate of drug-likeness (QED) is 0.0477. The fraction of sp³-hybridized carbons (Fsp3) is 0.500. The molecular weight excluding hydrogens is 883 g/mol.